The van der Waals surface area contributed by atoms with Crippen molar-refractivity contribution >= 4 is 23.1 Å². The molecule has 92 valence electrons. The molecule has 1 aromatic carbocycles. The van der Waals surface area contributed by atoms with E-state index >= 15 is 0 Å². The van der Waals surface area contributed by atoms with Crippen molar-refractivity contribution in [3.8, 4) is 5.75 Å². The topological polar surface area (TPSA) is 9.23 Å². The maximum atomic E-state index is 5.56. The molecule has 0 aliphatic carbocycles. The number of unbranched alkanes of at least 4 members (excludes halogenated alkanes) is 1. The molecule has 0 aliphatic rings. The van der Waals surface area contributed by atoms with Crippen LogP contribution in [0.1, 0.15) is 46.1 Å². The van der Waals surface area contributed by atoms with E-state index in [1.807, 2.05) is 12.1 Å². The fourth-order valence-electron chi connectivity index (χ4n) is 1.29. The van der Waals surface area contributed by atoms with Crippen molar-refractivity contribution in [2.45, 2.75) is 46.0 Å². The Morgan fingerprint density at radius 2 is 1.88 bits per heavy atom. The predicted octanol–water partition coefficient (Wildman–Crippen LogP) is 0.586. The SMILES string of the molecule is CCCCOc1[c-]cc(C(C)(C)C)cc1.[Cl-].[Mg+2]. The van der Waals surface area contributed by atoms with E-state index in [4.69, 9.17) is 4.74 Å². The van der Waals surface area contributed by atoms with E-state index in [1.54, 1.807) is 0 Å². The van der Waals surface area contributed by atoms with Crippen molar-refractivity contribution < 1.29 is 17.1 Å². The van der Waals surface area contributed by atoms with Crippen LogP contribution in [0.3, 0.4) is 0 Å². The van der Waals surface area contributed by atoms with E-state index in [2.05, 4.69) is 39.8 Å². The van der Waals surface area contributed by atoms with Gasteiger partial charge in [0.05, 0.1) is 6.61 Å². The first-order valence-corrected chi connectivity index (χ1v) is 5.69. The third kappa shape index (κ3) is 7.17. The van der Waals surface area contributed by atoms with Gasteiger partial charge in [-0.2, -0.15) is 17.7 Å². The summed E-state index contributed by atoms with van der Waals surface area (Å²) in [6.45, 7) is 9.56. The third-order valence-corrected chi connectivity index (χ3v) is 2.41. The first kappa shape index (κ1) is 19.4. The molecule has 0 unspecified atom stereocenters. The van der Waals surface area contributed by atoms with Crippen LogP contribution < -0.4 is 17.1 Å². The van der Waals surface area contributed by atoms with Crippen LogP contribution in [0, 0.1) is 6.07 Å². The van der Waals surface area contributed by atoms with Crippen molar-refractivity contribution in [2.75, 3.05) is 6.61 Å². The van der Waals surface area contributed by atoms with E-state index < -0.39 is 0 Å². The van der Waals surface area contributed by atoms with Gasteiger partial charge in [0.25, 0.3) is 0 Å². The van der Waals surface area contributed by atoms with Gasteiger partial charge >= 0.3 is 23.1 Å². The summed E-state index contributed by atoms with van der Waals surface area (Å²) in [5, 5.41) is 0. The number of halogens is 1. The van der Waals surface area contributed by atoms with Crippen LogP contribution in [0.4, 0.5) is 0 Å². The van der Waals surface area contributed by atoms with Gasteiger partial charge in [-0.3, -0.25) is 0 Å². The number of hydrogen-bond acceptors (Lipinski definition) is 1. The molecule has 0 fully saturated rings. The van der Waals surface area contributed by atoms with E-state index in [1.165, 1.54) is 12.0 Å². The van der Waals surface area contributed by atoms with Gasteiger partial charge in [-0.25, -0.2) is 0 Å². The Balaban J connectivity index is 0. The summed E-state index contributed by atoms with van der Waals surface area (Å²) in [6.07, 6.45) is 2.27. The summed E-state index contributed by atoms with van der Waals surface area (Å²) in [5.41, 5.74) is 1.49. The quantitative estimate of drug-likeness (QED) is 0.440. The third-order valence-electron chi connectivity index (χ3n) is 2.41. The largest absolute Gasteiger partial charge is 2.00 e. The smallest absolute Gasteiger partial charge is 1.00 e. The maximum absolute atomic E-state index is 5.56. The molecule has 0 atom stereocenters. The molecule has 1 aromatic rings. The summed E-state index contributed by atoms with van der Waals surface area (Å²) in [4.78, 5) is 0. The number of rotatable bonds is 4. The fraction of sp³-hybridized carbons (Fsp3) is 0.571. The minimum absolute atomic E-state index is 0. The molecule has 0 amide bonds. The number of ether oxygens (including phenoxy) is 1. The Hall–Kier alpha value is 0.0762. The van der Waals surface area contributed by atoms with Crippen molar-refractivity contribution in [3.05, 3.63) is 29.8 Å². The van der Waals surface area contributed by atoms with E-state index in [0.29, 0.717) is 0 Å². The van der Waals surface area contributed by atoms with E-state index in [-0.39, 0.29) is 40.9 Å². The van der Waals surface area contributed by atoms with Crippen molar-refractivity contribution in [3.63, 3.8) is 0 Å². The second-order valence-electron chi connectivity index (χ2n) is 4.89. The normalized spacial score (nSPS) is 10.1. The van der Waals surface area contributed by atoms with Crippen LogP contribution in [-0.4, -0.2) is 29.7 Å². The van der Waals surface area contributed by atoms with E-state index in [9.17, 15) is 0 Å². The number of benzene rings is 1. The van der Waals surface area contributed by atoms with Gasteiger partial charge in [-0.1, -0.05) is 39.5 Å². The Kier molecular flexibility index (Phi) is 10.4. The molecular formula is C14H21ClMgO. The minimum Gasteiger partial charge on any atom is -1.00 e. The molecule has 0 saturated carbocycles. The van der Waals surface area contributed by atoms with Crippen LogP contribution in [0.5, 0.6) is 5.75 Å². The van der Waals surface area contributed by atoms with Crippen LogP contribution >= 0.6 is 0 Å². The summed E-state index contributed by atoms with van der Waals surface area (Å²) < 4.78 is 5.56. The number of hydrogen-bond donors (Lipinski definition) is 0. The van der Waals surface area contributed by atoms with Crippen LogP contribution in [0.2, 0.25) is 0 Å². The summed E-state index contributed by atoms with van der Waals surface area (Å²) in [6, 6.07) is 9.34. The Morgan fingerprint density at radius 1 is 1.24 bits per heavy atom. The van der Waals surface area contributed by atoms with Gasteiger partial charge in [0, 0.05) is 5.75 Å². The molecule has 0 N–H and O–H groups in total. The summed E-state index contributed by atoms with van der Waals surface area (Å²) >= 11 is 0. The zero-order chi connectivity index (χ0) is 11.3. The van der Waals surface area contributed by atoms with Gasteiger partial charge in [-0.15, -0.1) is 12.1 Å². The van der Waals surface area contributed by atoms with Crippen molar-refractivity contribution in [2.24, 2.45) is 0 Å². The summed E-state index contributed by atoms with van der Waals surface area (Å²) in [5.74, 6) is 0.858. The molecule has 1 rings (SSSR count). The van der Waals surface area contributed by atoms with Gasteiger partial charge in [0.1, 0.15) is 0 Å². The molecule has 0 aromatic heterocycles. The average molecular weight is 265 g/mol. The van der Waals surface area contributed by atoms with Crippen molar-refractivity contribution in [1.82, 2.24) is 0 Å². The fourth-order valence-corrected chi connectivity index (χ4v) is 1.29. The van der Waals surface area contributed by atoms with Crippen LogP contribution in [-0.2, 0) is 5.41 Å². The molecule has 0 spiro atoms. The predicted molar refractivity (Wildman–Crippen MR) is 70.1 cm³/mol. The molecule has 0 bridgehead atoms. The zero-order valence-corrected chi connectivity index (χ0v) is 13.5. The monoisotopic (exact) mass is 264 g/mol. The standard InChI is InChI=1S/C14H21O.ClH.Mg/c1-5-6-11-15-13-9-7-12(8-10-13)14(2,3)4;;/h7-9H,5-6,11H2,1-4H3;1H;/q-1;;+2/p-1. The molecule has 0 aliphatic heterocycles. The van der Waals surface area contributed by atoms with Crippen LogP contribution in [0.15, 0.2) is 18.2 Å². The second-order valence-corrected chi connectivity index (χ2v) is 4.89. The molecule has 1 nitrogen and oxygen atoms in total. The van der Waals surface area contributed by atoms with Gasteiger partial charge in [-0.05, 0) is 6.42 Å². The van der Waals surface area contributed by atoms with Gasteiger partial charge < -0.3 is 17.1 Å². The molecule has 17 heavy (non-hydrogen) atoms. The molecule has 0 saturated heterocycles. The van der Waals surface area contributed by atoms with Gasteiger partial charge in [0.2, 0.25) is 0 Å². The summed E-state index contributed by atoms with van der Waals surface area (Å²) in [7, 11) is 0. The molecule has 3 heteroatoms. The maximum Gasteiger partial charge on any atom is 2.00 e. The molecule has 0 heterocycles. The average Bonchev–Trinajstić information content (AvgIpc) is 2.18. The van der Waals surface area contributed by atoms with Crippen molar-refractivity contribution in [1.29, 1.82) is 0 Å². The Morgan fingerprint density at radius 3 is 2.29 bits per heavy atom. The second kappa shape index (κ2) is 9.07. The van der Waals surface area contributed by atoms with E-state index in [0.717, 1.165) is 18.8 Å². The Labute approximate surface area is 128 Å². The Bertz CT molecular complexity index is 290. The molecule has 0 radical (unpaired) electrons. The first-order valence-electron chi connectivity index (χ1n) is 5.69. The minimum atomic E-state index is 0. The van der Waals surface area contributed by atoms with Gasteiger partial charge in [0.15, 0.2) is 0 Å². The van der Waals surface area contributed by atoms with Crippen LogP contribution in [0.25, 0.3) is 0 Å². The first-order chi connectivity index (χ1) is 7.04. The zero-order valence-electron chi connectivity index (χ0n) is 11.3. The molecular weight excluding hydrogens is 244 g/mol.